The molecule has 1 atom stereocenters. The van der Waals surface area contributed by atoms with Crippen molar-refractivity contribution in [2.24, 2.45) is 11.8 Å². The van der Waals surface area contributed by atoms with Crippen LogP contribution in [0.3, 0.4) is 0 Å². The molecule has 2 aromatic rings. The van der Waals surface area contributed by atoms with Gasteiger partial charge in [0.1, 0.15) is 0 Å². The van der Waals surface area contributed by atoms with E-state index in [1.807, 2.05) is 13.8 Å². The molecule has 150 valence electrons. The number of aromatic nitrogens is 2. The maximum atomic E-state index is 12.6. The van der Waals surface area contributed by atoms with Crippen molar-refractivity contribution in [3.63, 3.8) is 0 Å². The number of rotatable bonds is 7. The van der Waals surface area contributed by atoms with E-state index in [0.717, 1.165) is 0 Å². The fourth-order valence-electron chi connectivity index (χ4n) is 3.39. The maximum Gasteiger partial charge on any atom is 0.261 e. The van der Waals surface area contributed by atoms with Gasteiger partial charge in [-0.25, -0.2) is 4.98 Å². The van der Waals surface area contributed by atoms with E-state index in [1.165, 1.54) is 10.9 Å². The average Bonchev–Trinajstić information content (AvgIpc) is 3.01. The van der Waals surface area contributed by atoms with Crippen molar-refractivity contribution < 1.29 is 14.3 Å². The largest absolute Gasteiger partial charge is 0.383 e. The highest BCUT2D eigenvalue weighted by molar-refractivity contribution is 5.98. The van der Waals surface area contributed by atoms with Gasteiger partial charge in [-0.3, -0.25) is 19.0 Å². The lowest BCUT2D eigenvalue weighted by atomic mass is 10.1. The molecule has 1 aromatic carbocycles. The Bertz CT molecular complexity index is 937. The summed E-state index contributed by atoms with van der Waals surface area (Å²) >= 11 is 0. The summed E-state index contributed by atoms with van der Waals surface area (Å²) < 4.78 is 6.49. The Kier molecular flexibility index (Phi) is 6.08. The number of fused-ring (bicyclic) bond motifs is 1. The number of amides is 2. The number of carbonyl (C=O) groups excluding carboxylic acids is 2. The van der Waals surface area contributed by atoms with Gasteiger partial charge in [0.05, 0.1) is 36.3 Å². The predicted octanol–water partition coefficient (Wildman–Crippen LogP) is 1.49. The Morgan fingerprint density at radius 2 is 2.14 bits per heavy atom. The summed E-state index contributed by atoms with van der Waals surface area (Å²) in [5.41, 5.74) is 0.906. The van der Waals surface area contributed by atoms with Crippen LogP contribution < -0.4 is 10.9 Å². The first-order valence-corrected chi connectivity index (χ1v) is 9.45. The van der Waals surface area contributed by atoms with E-state index in [9.17, 15) is 14.4 Å². The molecular formula is C20H26N4O4. The highest BCUT2D eigenvalue weighted by Gasteiger charge is 2.34. The van der Waals surface area contributed by atoms with Crippen LogP contribution in [0.25, 0.3) is 10.9 Å². The minimum atomic E-state index is -0.380. The number of carbonyl (C=O) groups is 2. The highest BCUT2D eigenvalue weighted by atomic mass is 16.5. The van der Waals surface area contributed by atoms with Crippen LogP contribution in [-0.4, -0.2) is 53.1 Å². The number of hydrogen-bond acceptors (Lipinski definition) is 5. The topological polar surface area (TPSA) is 93.5 Å². The van der Waals surface area contributed by atoms with Crippen LogP contribution in [0, 0.1) is 11.8 Å². The first-order valence-electron chi connectivity index (χ1n) is 9.45. The first kappa shape index (κ1) is 20.0. The zero-order valence-electron chi connectivity index (χ0n) is 16.5. The molecule has 0 unspecified atom stereocenters. The molecule has 8 nitrogen and oxygen atoms in total. The monoisotopic (exact) mass is 386 g/mol. The summed E-state index contributed by atoms with van der Waals surface area (Å²) in [6.07, 6.45) is 1.72. The molecule has 0 bridgehead atoms. The molecule has 0 saturated carbocycles. The second kappa shape index (κ2) is 8.52. The van der Waals surface area contributed by atoms with E-state index in [0.29, 0.717) is 48.7 Å². The predicted molar refractivity (Wildman–Crippen MR) is 106 cm³/mol. The Balaban J connectivity index is 1.75. The van der Waals surface area contributed by atoms with Crippen molar-refractivity contribution in [3.05, 3.63) is 34.9 Å². The minimum Gasteiger partial charge on any atom is -0.383 e. The highest BCUT2D eigenvalue weighted by Crippen LogP contribution is 2.22. The van der Waals surface area contributed by atoms with E-state index in [2.05, 4.69) is 10.3 Å². The van der Waals surface area contributed by atoms with E-state index in [1.54, 1.807) is 30.2 Å². The molecule has 0 spiro atoms. The number of hydrogen-bond donors (Lipinski definition) is 1. The third-order valence-corrected chi connectivity index (χ3v) is 4.80. The molecule has 3 rings (SSSR count). The lowest BCUT2D eigenvalue weighted by Crippen LogP contribution is -2.31. The summed E-state index contributed by atoms with van der Waals surface area (Å²) in [6, 6.07) is 5.06. The zero-order valence-corrected chi connectivity index (χ0v) is 16.5. The molecule has 1 fully saturated rings. The van der Waals surface area contributed by atoms with E-state index in [4.69, 9.17) is 4.74 Å². The molecule has 2 heterocycles. The van der Waals surface area contributed by atoms with Gasteiger partial charge in [-0.1, -0.05) is 13.8 Å². The van der Waals surface area contributed by atoms with Crippen LogP contribution in [0.5, 0.6) is 0 Å². The SMILES string of the molecule is COCCn1cnc2ccc(NC(=O)[C@@H]3CC(=O)N(CC(C)C)C3)cc2c1=O. The van der Waals surface area contributed by atoms with Gasteiger partial charge in [0.2, 0.25) is 11.8 Å². The van der Waals surface area contributed by atoms with Crippen LogP contribution in [0.15, 0.2) is 29.3 Å². The third kappa shape index (κ3) is 4.39. The van der Waals surface area contributed by atoms with Crippen molar-refractivity contribution in [3.8, 4) is 0 Å². The molecule has 2 amide bonds. The van der Waals surface area contributed by atoms with Gasteiger partial charge in [-0.2, -0.15) is 0 Å². The quantitative estimate of drug-likeness (QED) is 0.778. The van der Waals surface area contributed by atoms with Crippen LogP contribution in [0.4, 0.5) is 5.69 Å². The van der Waals surface area contributed by atoms with E-state index < -0.39 is 0 Å². The van der Waals surface area contributed by atoms with Gasteiger partial charge in [0.25, 0.3) is 5.56 Å². The van der Waals surface area contributed by atoms with Gasteiger partial charge in [0.15, 0.2) is 0 Å². The summed E-state index contributed by atoms with van der Waals surface area (Å²) in [5, 5.41) is 3.27. The Morgan fingerprint density at radius 1 is 1.36 bits per heavy atom. The molecule has 1 aliphatic rings. The first-order chi connectivity index (χ1) is 13.4. The third-order valence-electron chi connectivity index (χ3n) is 4.80. The number of nitrogens with one attached hydrogen (secondary N) is 1. The number of ether oxygens (including phenoxy) is 1. The van der Waals surface area contributed by atoms with Crippen LogP contribution in [0.2, 0.25) is 0 Å². The average molecular weight is 386 g/mol. The molecule has 0 aliphatic carbocycles. The molecule has 1 saturated heterocycles. The molecular weight excluding hydrogens is 360 g/mol. The summed E-state index contributed by atoms with van der Waals surface area (Å²) in [7, 11) is 1.57. The number of anilines is 1. The molecule has 1 aliphatic heterocycles. The number of nitrogens with zero attached hydrogens (tertiary/aromatic N) is 3. The molecule has 28 heavy (non-hydrogen) atoms. The fourth-order valence-corrected chi connectivity index (χ4v) is 3.39. The van der Waals surface area contributed by atoms with Crippen molar-refractivity contribution >= 4 is 28.4 Å². The molecule has 0 radical (unpaired) electrons. The number of likely N-dealkylation sites (tertiary alicyclic amines) is 1. The van der Waals surface area contributed by atoms with Crippen molar-refractivity contribution in [2.45, 2.75) is 26.8 Å². The van der Waals surface area contributed by atoms with Crippen molar-refractivity contribution in [1.82, 2.24) is 14.5 Å². The number of benzene rings is 1. The van der Waals surface area contributed by atoms with Crippen molar-refractivity contribution in [2.75, 3.05) is 32.1 Å². The normalized spacial score (nSPS) is 16.9. The minimum absolute atomic E-state index is 0.0117. The van der Waals surface area contributed by atoms with Crippen LogP contribution in [0.1, 0.15) is 20.3 Å². The zero-order chi connectivity index (χ0) is 20.3. The Hall–Kier alpha value is -2.74. The summed E-state index contributed by atoms with van der Waals surface area (Å²) in [6.45, 7) is 6.00. The van der Waals surface area contributed by atoms with Gasteiger partial charge in [-0.15, -0.1) is 0 Å². The van der Waals surface area contributed by atoms with E-state index >= 15 is 0 Å². The summed E-state index contributed by atoms with van der Waals surface area (Å²) in [5.74, 6) is -0.214. The molecule has 8 heteroatoms. The lowest BCUT2D eigenvalue weighted by molar-refractivity contribution is -0.128. The summed E-state index contributed by atoms with van der Waals surface area (Å²) in [4.78, 5) is 43.4. The molecule has 1 N–H and O–H groups in total. The van der Waals surface area contributed by atoms with Crippen molar-refractivity contribution in [1.29, 1.82) is 0 Å². The van der Waals surface area contributed by atoms with Gasteiger partial charge >= 0.3 is 0 Å². The second-order valence-corrected chi connectivity index (χ2v) is 7.55. The van der Waals surface area contributed by atoms with Gasteiger partial charge in [0, 0.05) is 32.3 Å². The van der Waals surface area contributed by atoms with Gasteiger partial charge < -0.3 is 15.0 Å². The standard InChI is InChI=1S/C20H26N4O4/c1-13(2)10-24-11-14(8-18(24)25)19(26)22-15-4-5-17-16(9-15)20(27)23(12-21-17)6-7-28-3/h4-5,9,12-14H,6-8,10-11H2,1-3H3,(H,22,26)/t14-/m1/s1. The lowest BCUT2D eigenvalue weighted by Gasteiger charge is -2.18. The maximum absolute atomic E-state index is 12.6. The van der Waals surface area contributed by atoms with Crippen LogP contribution >= 0.6 is 0 Å². The van der Waals surface area contributed by atoms with Crippen LogP contribution in [-0.2, 0) is 20.9 Å². The number of methoxy groups -OCH3 is 1. The smallest absolute Gasteiger partial charge is 0.261 e. The molecule has 1 aromatic heterocycles. The fraction of sp³-hybridized carbons (Fsp3) is 0.500. The van der Waals surface area contributed by atoms with Gasteiger partial charge in [-0.05, 0) is 24.1 Å². The van der Waals surface area contributed by atoms with E-state index in [-0.39, 0.29) is 29.7 Å². The Morgan fingerprint density at radius 3 is 2.86 bits per heavy atom. The second-order valence-electron chi connectivity index (χ2n) is 7.55. The Labute approximate surface area is 163 Å².